The average molecular weight is 184 g/mol. The van der Waals surface area contributed by atoms with Crippen molar-refractivity contribution in [3.8, 4) is 0 Å². The van der Waals surface area contributed by atoms with Gasteiger partial charge in [-0.3, -0.25) is 4.79 Å². The van der Waals surface area contributed by atoms with Crippen LogP contribution < -0.4 is 0 Å². The molecule has 0 saturated heterocycles. The van der Waals surface area contributed by atoms with E-state index in [-0.39, 0.29) is 12.1 Å². The van der Waals surface area contributed by atoms with E-state index in [2.05, 4.69) is 20.8 Å². The highest BCUT2D eigenvalue weighted by Crippen LogP contribution is 2.39. The normalized spacial score (nSPS) is 32.6. The zero-order chi connectivity index (χ0) is 10.1. The van der Waals surface area contributed by atoms with Gasteiger partial charge >= 0.3 is 5.97 Å². The van der Waals surface area contributed by atoms with Crippen LogP contribution in [0.15, 0.2) is 0 Å². The molecule has 0 bridgehead atoms. The van der Waals surface area contributed by atoms with Gasteiger partial charge in [-0.05, 0) is 30.6 Å². The molecule has 76 valence electrons. The van der Waals surface area contributed by atoms with Crippen LogP contribution in [-0.2, 0) is 9.53 Å². The molecule has 1 saturated carbocycles. The van der Waals surface area contributed by atoms with E-state index in [1.165, 1.54) is 6.92 Å². The smallest absolute Gasteiger partial charge is 0.302 e. The summed E-state index contributed by atoms with van der Waals surface area (Å²) < 4.78 is 5.26. The number of ether oxygens (including phenoxy) is 1. The second-order valence-electron chi connectivity index (χ2n) is 5.03. The van der Waals surface area contributed by atoms with Crippen LogP contribution in [0.3, 0.4) is 0 Å². The molecule has 2 heteroatoms. The summed E-state index contributed by atoms with van der Waals surface area (Å²) in [6, 6.07) is 0. The van der Waals surface area contributed by atoms with Gasteiger partial charge in [-0.15, -0.1) is 0 Å². The van der Waals surface area contributed by atoms with Gasteiger partial charge in [-0.2, -0.15) is 0 Å². The Bertz CT molecular complexity index is 196. The Balaban J connectivity index is 2.49. The second kappa shape index (κ2) is 3.69. The third kappa shape index (κ3) is 3.02. The van der Waals surface area contributed by atoms with Gasteiger partial charge in [0.1, 0.15) is 6.10 Å². The van der Waals surface area contributed by atoms with Gasteiger partial charge in [0, 0.05) is 6.92 Å². The van der Waals surface area contributed by atoms with Crippen LogP contribution >= 0.6 is 0 Å². The molecule has 0 aromatic carbocycles. The molecular weight excluding hydrogens is 164 g/mol. The highest BCUT2D eigenvalue weighted by molar-refractivity contribution is 5.66. The molecule has 0 aromatic rings. The van der Waals surface area contributed by atoms with Crippen LogP contribution in [0.25, 0.3) is 0 Å². The van der Waals surface area contributed by atoms with Crippen LogP contribution in [-0.4, -0.2) is 12.1 Å². The van der Waals surface area contributed by atoms with Crippen LogP contribution in [0.4, 0.5) is 0 Å². The second-order valence-corrected chi connectivity index (χ2v) is 5.03. The van der Waals surface area contributed by atoms with Crippen molar-refractivity contribution in [1.82, 2.24) is 0 Å². The Kier molecular flexibility index (Phi) is 2.99. The maximum atomic E-state index is 10.8. The number of hydrogen-bond donors (Lipinski definition) is 0. The van der Waals surface area contributed by atoms with E-state index in [1.807, 2.05) is 0 Å². The highest BCUT2D eigenvalue weighted by atomic mass is 16.5. The third-order valence-electron chi connectivity index (χ3n) is 2.93. The molecule has 13 heavy (non-hydrogen) atoms. The van der Waals surface area contributed by atoms with Crippen molar-refractivity contribution in [1.29, 1.82) is 0 Å². The first kappa shape index (κ1) is 10.6. The summed E-state index contributed by atoms with van der Waals surface area (Å²) in [5.41, 5.74) is 0.427. The topological polar surface area (TPSA) is 26.3 Å². The molecule has 0 N–H and O–H groups in total. The SMILES string of the molecule is CC(=O)OC1CCC(C)(C)CC1C. The molecule has 2 atom stereocenters. The third-order valence-corrected chi connectivity index (χ3v) is 2.93. The molecule has 1 aliphatic carbocycles. The zero-order valence-electron chi connectivity index (χ0n) is 9.09. The lowest BCUT2D eigenvalue weighted by molar-refractivity contribution is -0.152. The van der Waals surface area contributed by atoms with Crippen LogP contribution in [0.2, 0.25) is 0 Å². The van der Waals surface area contributed by atoms with Crippen molar-refractivity contribution >= 4 is 5.97 Å². The highest BCUT2D eigenvalue weighted by Gasteiger charge is 2.33. The Labute approximate surface area is 80.7 Å². The molecule has 2 unspecified atom stereocenters. The maximum absolute atomic E-state index is 10.8. The number of carbonyl (C=O) groups is 1. The summed E-state index contributed by atoms with van der Waals surface area (Å²) in [6.45, 7) is 8.24. The Hall–Kier alpha value is -0.530. The van der Waals surface area contributed by atoms with Gasteiger partial charge in [0.15, 0.2) is 0 Å². The average Bonchev–Trinajstić information content (AvgIpc) is 1.93. The summed E-state index contributed by atoms with van der Waals surface area (Å²) >= 11 is 0. The minimum atomic E-state index is -0.142. The lowest BCUT2D eigenvalue weighted by Gasteiger charge is -2.38. The van der Waals surface area contributed by atoms with Crippen LogP contribution in [0, 0.1) is 11.3 Å². The number of esters is 1. The molecule has 0 aromatic heterocycles. The van der Waals surface area contributed by atoms with Crippen molar-refractivity contribution < 1.29 is 9.53 Å². The Morgan fingerprint density at radius 1 is 1.46 bits per heavy atom. The van der Waals surface area contributed by atoms with Crippen molar-refractivity contribution in [2.45, 2.75) is 53.1 Å². The number of rotatable bonds is 1. The largest absolute Gasteiger partial charge is 0.462 e. The fourth-order valence-electron chi connectivity index (χ4n) is 2.31. The van der Waals surface area contributed by atoms with E-state index in [0.29, 0.717) is 11.3 Å². The van der Waals surface area contributed by atoms with E-state index >= 15 is 0 Å². The molecule has 0 radical (unpaired) electrons. The lowest BCUT2D eigenvalue weighted by Crippen LogP contribution is -2.34. The van der Waals surface area contributed by atoms with Crippen molar-refractivity contribution in [2.75, 3.05) is 0 Å². The molecule has 0 aliphatic heterocycles. The van der Waals surface area contributed by atoms with Crippen LogP contribution in [0.5, 0.6) is 0 Å². The van der Waals surface area contributed by atoms with Gasteiger partial charge < -0.3 is 4.74 Å². The molecule has 1 rings (SSSR count). The lowest BCUT2D eigenvalue weighted by atomic mass is 9.71. The van der Waals surface area contributed by atoms with Gasteiger partial charge in [0.25, 0.3) is 0 Å². The summed E-state index contributed by atoms with van der Waals surface area (Å²) in [7, 11) is 0. The number of carbonyl (C=O) groups excluding carboxylic acids is 1. The molecule has 0 spiro atoms. The fourth-order valence-corrected chi connectivity index (χ4v) is 2.31. The first-order valence-corrected chi connectivity index (χ1v) is 5.08. The van der Waals surface area contributed by atoms with Gasteiger partial charge in [-0.25, -0.2) is 0 Å². The van der Waals surface area contributed by atoms with E-state index < -0.39 is 0 Å². The standard InChI is InChI=1S/C11H20O2/c1-8-7-11(3,4)6-5-10(8)13-9(2)12/h8,10H,5-7H2,1-4H3. The summed E-state index contributed by atoms with van der Waals surface area (Å²) in [4.78, 5) is 10.8. The van der Waals surface area contributed by atoms with Gasteiger partial charge in [0.05, 0.1) is 0 Å². The van der Waals surface area contributed by atoms with E-state index in [0.717, 1.165) is 19.3 Å². The minimum Gasteiger partial charge on any atom is -0.462 e. The first-order valence-electron chi connectivity index (χ1n) is 5.08. The molecule has 2 nitrogen and oxygen atoms in total. The van der Waals surface area contributed by atoms with E-state index in [4.69, 9.17) is 4.74 Å². The van der Waals surface area contributed by atoms with Crippen molar-refractivity contribution in [2.24, 2.45) is 11.3 Å². The fraction of sp³-hybridized carbons (Fsp3) is 0.909. The molecule has 1 fully saturated rings. The number of hydrogen-bond acceptors (Lipinski definition) is 2. The van der Waals surface area contributed by atoms with Crippen molar-refractivity contribution in [3.05, 3.63) is 0 Å². The molecule has 0 amide bonds. The minimum absolute atomic E-state index is 0.142. The zero-order valence-corrected chi connectivity index (χ0v) is 9.09. The predicted molar refractivity (Wildman–Crippen MR) is 52.4 cm³/mol. The van der Waals surface area contributed by atoms with Crippen molar-refractivity contribution in [3.63, 3.8) is 0 Å². The quantitative estimate of drug-likeness (QED) is 0.586. The summed E-state index contributed by atoms with van der Waals surface area (Å²) in [6.07, 6.45) is 3.50. The van der Waals surface area contributed by atoms with Gasteiger partial charge in [-0.1, -0.05) is 20.8 Å². The van der Waals surface area contributed by atoms with E-state index in [1.54, 1.807) is 0 Å². The summed E-state index contributed by atoms with van der Waals surface area (Å²) in [5, 5.41) is 0. The summed E-state index contributed by atoms with van der Waals surface area (Å²) in [5.74, 6) is 0.365. The predicted octanol–water partition coefficient (Wildman–Crippen LogP) is 2.76. The Morgan fingerprint density at radius 3 is 2.54 bits per heavy atom. The van der Waals surface area contributed by atoms with Gasteiger partial charge in [0.2, 0.25) is 0 Å². The molecule has 1 aliphatic rings. The molecule has 0 heterocycles. The molecular formula is C11H20O2. The van der Waals surface area contributed by atoms with E-state index in [9.17, 15) is 4.79 Å². The monoisotopic (exact) mass is 184 g/mol. The first-order chi connectivity index (χ1) is 5.91. The Morgan fingerprint density at radius 2 is 2.08 bits per heavy atom. The van der Waals surface area contributed by atoms with Crippen LogP contribution in [0.1, 0.15) is 47.0 Å². The maximum Gasteiger partial charge on any atom is 0.302 e.